The van der Waals surface area contributed by atoms with E-state index < -0.39 is 27.1 Å². The van der Waals surface area contributed by atoms with E-state index in [2.05, 4.69) is 5.10 Å². The third-order valence-corrected chi connectivity index (χ3v) is 5.28. The summed E-state index contributed by atoms with van der Waals surface area (Å²) in [6.07, 6.45) is 2.23. The van der Waals surface area contributed by atoms with Crippen LogP contribution < -0.4 is 5.56 Å². The molecule has 0 amide bonds. The molecule has 0 bridgehead atoms. The number of nitrogens with zero attached hydrogens (tertiary/aromatic N) is 1. The number of carbonyl (C=O) groups excluding carboxylic acids is 2. The van der Waals surface area contributed by atoms with Crippen molar-refractivity contribution in [2.75, 3.05) is 18.7 Å². The number of ether oxygens (including phenoxy) is 1. The van der Waals surface area contributed by atoms with Gasteiger partial charge in [-0.1, -0.05) is 0 Å². The van der Waals surface area contributed by atoms with Gasteiger partial charge in [0.25, 0.3) is 5.56 Å². The van der Waals surface area contributed by atoms with Gasteiger partial charge in [-0.15, -0.1) is 11.6 Å². The number of rotatable bonds is 7. The second-order valence-electron chi connectivity index (χ2n) is 5.77. The molecule has 0 aliphatic heterocycles. The van der Waals surface area contributed by atoms with Crippen molar-refractivity contribution < 1.29 is 22.7 Å². The maximum absolute atomic E-state index is 12.8. The molecule has 1 aromatic heterocycles. The lowest BCUT2D eigenvalue weighted by Gasteiger charge is -2.13. The number of esters is 1. The van der Waals surface area contributed by atoms with Gasteiger partial charge in [0.05, 0.1) is 16.3 Å². The van der Waals surface area contributed by atoms with Crippen LogP contribution in [0.15, 0.2) is 28.0 Å². The molecule has 146 valence electrons. The van der Waals surface area contributed by atoms with Crippen LogP contribution in [-0.4, -0.2) is 48.7 Å². The Morgan fingerprint density at radius 2 is 1.93 bits per heavy atom. The van der Waals surface area contributed by atoms with Crippen LogP contribution in [0, 0.1) is 6.92 Å². The number of aromatic amines is 1. The minimum atomic E-state index is -3.76. The minimum absolute atomic E-state index is 0.0392. The highest BCUT2D eigenvalue weighted by Crippen LogP contribution is 2.25. The van der Waals surface area contributed by atoms with E-state index in [-0.39, 0.29) is 39.6 Å². The highest BCUT2D eigenvalue weighted by atomic mass is 35.5. The van der Waals surface area contributed by atoms with Crippen LogP contribution >= 0.6 is 11.6 Å². The maximum Gasteiger partial charge on any atom is 0.339 e. The summed E-state index contributed by atoms with van der Waals surface area (Å²) in [6.45, 7) is 3.42. The molecule has 0 atom stereocenters. The number of aromatic nitrogens is 2. The first-order valence-corrected chi connectivity index (χ1v) is 10.5. The first-order chi connectivity index (χ1) is 12.6. The topological polar surface area (TPSA) is 115 Å². The Bertz CT molecular complexity index is 1050. The maximum atomic E-state index is 12.8. The van der Waals surface area contributed by atoms with Gasteiger partial charge in [0, 0.05) is 24.6 Å². The molecule has 2 rings (SSSR count). The number of hydrogen-bond donors (Lipinski definition) is 1. The summed E-state index contributed by atoms with van der Waals surface area (Å²) in [7, 11) is -3.76. The average molecular weight is 415 g/mol. The quantitative estimate of drug-likeness (QED) is 0.417. The van der Waals surface area contributed by atoms with Gasteiger partial charge < -0.3 is 9.84 Å². The molecular formula is C17H19ClN2O6S. The summed E-state index contributed by atoms with van der Waals surface area (Å²) in [5.41, 5.74) is -0.682. The molecule has 27 heavy (non-hydrogen) atoms. The Morgan fingerprint density at radius 1 is 1.26 bits per heavy atom. The number of alkyl halides is 1. The number of aryl methyl sites for hydroxylation is 1. The van der Waals surface area contributed by atoms with Gasteiger partial charge in [-0.25, -0.2) is 13.2 Å². The van der Waals surface area contributed by atoms with E-state index in [0.717, 1.165) is 12.3 Å². The van der Waals surface area contributed by atoms with E-state index in [1.165, 1.54) is 23.9 Å². The molecular weight excluding hydrogens is 396 g/mol. The Morgan fingerprint density at radius 3 is 2.44 bits per heavy atom. The van der Waals surface area contributed by atoms with Crippen molar-refractivity contribution >= 4 is 33.2 Å². The van der Waals surface area contributed by atoms with Crippen molar-refractivity contribution in [3.8, 4) is 0 Å². The predicted octanol–water partition coefficient (Wildman–Crippen LogP) is 1.53. The van der Waals surface area contributed by atoms with Crippen molar-refractivity contribution in [2.45, 2.75) is 25.3 Å². The van der Waals surface area contributed by atoms with E-state index in [9.17, 15) is 22.8 Å². The second kappa shape index (κ2) is 8.10. The fourth-order valence-corrected chi connectivity index (χ4v) is 3.65. The van der Waals surface area contributed by atoms with Gasteiger partial charge in [0.1, 0.15) is 12.2 Å². The third kappa shape index (κ3) is 4.14. The van der Waals surface area contributed by atoms with Gasteiger partial charge in [0.2, 0.25) is 0 Å². The molecule has 0 unspecified atom stereocenters. The number of hydrogen-bond acceptors (Lipinski definition) is 6. The monoisotopic (exact) mass is 414 g/mol. The molecule has 1 heterocycles. The fourth-order valence-electron chi connectivity index (χ4n) is 2.65. The van der Waals surface area contributed by atoms with Gasteiger partial charge in [-0.3, -0.25) is 14.3 Å². The smallest absolute Gasteiger partial charge is 0.339 e. The number of halogens is 1. The molecule has 0 saturated heterocycles. The van der Waals surface area contributed by atoms with Crippen molar-refractivity contribution in [1.29, 1.82) is 0 Å². The zero-order valence-electron chi connectivity index (χ0n) is 15.0. The van der Waals surface area contributed by atoms with Gasteiger partial charge in [-0.2, -0.15) is 0 Å². The lowest BCUT2D eigenvalue weighted by Crippen LogP contribution is -2.22. The zero-order valence-corrected chi connectivity index (χ0v) is 16.6. The molecule has 8 nitrogen and oxygen atoms in total. The van der Waals surface area contributed by atoms with Crippen LogP contribution in [0.4, 0.5) is 0 Å². The summed E-state index contributed by atoms with van der Waals surface area (Å²) in [4.78, 5) is 37.2. The molecule has 2 aromatic rings. The first-order valence-electron chi connectivity index (χ1n) is 8.03. The number of nitrogens with one attached hydrogen (secondary N) is 1. The van der Waals surface area contributed by atoms with Crippen molar-refractivity contribution in [3.63, 3.8) is 0 Å². The molecule has 0 fully saturated rings. The van der Waals surface area contributed by atoms with Crippen molar-refractivity contribution in [3.05, 3.63) is 50.9 Å². The molecule has 1 N–H and O–H groups in total. The Balaban J connectivity index is 2.65. The summed E-state index contributed by atoms with van der Waals surface area (Å²) in [5, 5.41) is 2.68. The number of H-pyrrole nitrogens is 1. The lowest BCUT2D eigenvalue weighted by molar-refractivity contribution is 0.0523. The van der Waals surface area contributed by atoms with Gasteiger partial charge >= 0.3 is 5.97 Å². The molecule has 0 spiro atoms. The number of benzene rings is 1. The molecule has 1 aromatic carbocycles. The number of carbonyl (C=O) groups is 2. The van der Waals surface area contributed by atoms with Crippen LogP contribution in [0.3, 0.4) is 0 Å². The Hall–Kier alpha value is -2.39. The van der Waals surface area contributed by atoms with Gasteiger partial charge in [-0.05, 0) is 31.5 Å². The van der Waals surface area contributed by atoms with Crippen molar-refractivity contribution in [1.82, 2.24) is 9.78 Å². The summed E-state index contributed by atoms with van der Waals surface area (Å²) >= 11 is 5.51. The van der Waals surface area contributed by atoms with Crippen molar-refractivity contribution in [2.24, 2.45) is 0 Å². The first kappa shape index (κ1) is 20.9. The van der Waals surface area contributed by atoms with Crippen LogP contribution in [0.5, 0.6) is 0 Å². The SMILES string of the molecule is CCn1[nH]cc(C(=O)c2ccc(S(C)(=O)=O)c(C(=O)OCCCl)c2C)c1=O. The zero-order chi connectivity index (χ0) is 20.4. The highest BCUT2D eigenvalue weighted by Gasteiger charge is 2.27. The van der Waals surface area contributed by atoms with E-state index in [4.69, 9.17) is 16.3 Å². The predicted molar refractivity (Wildman–Crippen MR) is 99.5 cm³/mol. The van der Waals surface area contributed by atoms with Crippen LogP contribution in [-0.2, 0) is 21.1 Å². The Labute approximate surface area is 161 Å². The third-order valence-electron chi connectivity index (χ3n) is 3.99. The fraction of sp³-hybridized carbons (Fsp3) is 0.353. The Kier molecular flexibility index (Phi) is 6.27. The lowest BCUT2D eigenvalue weighted by atomic mass is 9.96. The van der Waals surface area contributed by atoms with Gasteiger partial charge in [0.15, 0.2) is 15.6 Å². The summed E-state index contributed by atoms with van der Waals surface area (Å²) in [5.74, 6) is -1.48. The molecule has 0 aliphatic carbocycles. The van der Waals surface area contributed by atoms with E-state index in [0.29, 0.717) is 6.54 Å². The standard InChI is InChI=1S/C17H19ClN2O6S/c1-4-20-16(22)12(9-19-20)15(21)11-5-6-13(27(3,24)25)14(10(11)2)17(23)26-8-7-18/h5-6,9,19H,4,7-8H2,1-3H3. The average Bonchev–Trinajstić information content (AvgIpc) is 2.98. The van der Waals surface area contributed by atoms with Crippen LogP contribution in [0.2, 0.25) is 0 Å². The second-order valence-corrected chi connectivity index (χ2v) is 8.14. The number of ketones is 1. The van der Waals surface area contributed by atoms with E-state index in [1.54, 1.807) is 6.92 Å². The van der Waals surface area contributed by atoms with E-state index in [1.807, 2.05) is 0 Å². The molecule has 10 heteroatoms. The normalized spacial score (nSPS) is 11.4. The van der Waals surface area contributed by atoms with Crippen LogP contribution in [0.1, 0.15) is 38.8 Å². The summed E-state index contributed by atoms with van der Waals surface area (Å²) < 4.78 is 30.3. The van der Waals surface area contributed by atoms with E-state index >= 15 is 0 Å². The molecule has 0 radical (unpaired) electrons. The highest BCUT2D eigenvalue weighted by molar-refractivity contribution is 7.90. The molecule has 0 saturated carbocycles. The summed E-state index contributed by atoms with van der Waals surface area (Å²) in [6, 6.07) is 2.45. The molecule has 0 aliphatic rings. The number of sulfone groups is 1. The van der Waals surface area contributed by atoms with Crippen LogP contribution in [0.25, 0.3) is 0 Å². The largest absolute Gasteiger partial charge is 0.461 e. The minimum Gasteiger partial charge on any atom is -0.461 e.